The number of nitrogens with zero attached hydrogens (tertiary/aromatic N) is 2. The van der Waals surface area contributed by atoms with Crippen molar-refractivity contribution in [1.29, 1.82) is 0 Å². The predicted molar refractivity (Wildman–Crippen MR) is 101 cm³/mol. The molecule has 0 aliphatic carbocycles. The van der Waals surface area contributed by atoms with Crippen molar-refractivity contribution in [3.8, 4) is 11.3 Å². The quantitative estimate of drug-likeness (QED) is 0.596. The maximum atomic E-state index is 11.6. The molecule has 0 unspecified atom stereocenters. The van der Waals surface area contributed by atoms with Gasteiger partial charge >= 0.3 is 5.97 Å². The second-order valence-corrected chi connectivity index (χ2v) is 6.39. The Bertz CT molecular complexity index is 896. The number of hydrogen-bond donors (Lipinski definition) is 1. The summed E-state index contributed by atoms with van der Waals surface area (Å²) >= 11 is 0. The number of benzene rings is 1. The lowest BCUT2D eigenvalue weighted by atomic mass is 10.0. The Morgan fingerprint density at radius 2 is 1.92 bits per heavy atom. The van der Waals surface area contributed by atoms with E-state index in [0.717, 1.165) is 35.1 Å². The van der Waals surface area contributed by atoms with E-state index in [1.54, 1.807) is 18.3 Å². The van der Waals surface area contributed by atoms with Crippen molar-refractivity contribution in [3.05, 3.63) is 53.9 Å². The Hall–Kier alpha value is -2.62. The first-order valence-electron chi connectivity index (χ1n) is 8.91. The van der Waals surface area contributed by atoms with Crippen LogP contribution in [0.15, 0.2) is 42.6 Å². The number of pyridine rings is 1. The van der Waals surface area contributed by atoms with Crippen LogP contribution in [0, 0.1) is 6.92 Å². The number of aryl methyl sites for hydroxylation is 1. The van der Waals surface area contributed by atoms with Crippen molar-refractivity contribution in [3.63, 3.8) is 0 Å². The van der Waals surface area contributed by atoms with Gasteiger partial charge in [-0.2, -0.15) is 0 Å². The Kier molecular flexibility index (Phi) is 5.17. The van der Waals surface area contributed by atoms with Crippen LogP contribution >= 0.6 is 0 Å². The van der Waals surface area contributed by atoms with Crippen LogP contribution in [-0.4, -0.2) is 20.6 Å². The predicted octanol–water partition coefficient (Wildman–Crippen LogP) is 5.29. The zero-order valence-electron chi connectivity index (χ0n) is 14.8. The molecule has 0 bridgehead atoms. The number of rotatable bonds is 7. The molecule has 2 heterocycles. The molecule has 0 saturated carbocycles. The highest BCUT2D eigenvalue weighted by Gasteiger charge is 2.20. The number of aromatic carboxylic acids is 1. The number of aromatic nitrogens is 2. The second-order valence-electron chi connectivity index (χ2n) is 6.39. The molecule has 0 fully saturated rings. The summed E-state index contributed by atoms with van der Waals surface area (Å²) in [6.45, 7) is 5.22. The smallest absolute Gasteiger partial charge is 0.337 e. The van der Waals surface area contributed by atoms with Gasteiger partial charge in [0, 0.05) is 34.9 Å². The summed E-state index contributed by atoms with van der Waals surface area (Å²) in [5.41, 5.74) is 3.96. The molecule has 130 valence electrons. The largest absolute Gasteiger partial charge is 0.478 e. The summed E-state index contributed by atoms with van der Waals surface area (Å²) in [6, 6.07) is 11.5. The van der Waals surface area contributed by atoms with Crippen LogP contribution in [0.2, 0.25) is 0 Å². The van der Waals surface area contributed by atoms with Gasteiger partial charge in [-0.05, 0) is 31.5 Å². The van der Waals surface area contributed by atoms with E-state index in [9.17, 15) is 9.90 Å². The van der Waals surface area contributed by atoms with Crippen molar-refractivity contribution in [1.82, 2.24) is 9.55 Å². The summed E-state index contributed by atoms with van der Waals surface area (Å²) in [5, 5.41) is 10.6. The van der Waals surface area contributed by atoms with Gasteiger partial charge in [0.1, 0.15) is 0 Å². The molecule has 25 heavy (non-hydrogen) atoms. The van der Waals surface area contributed by atoms with Gasteiger partial charge in [0.25, 0.3) is 0 Å². The van der Waals surface area contributed by atoms with Gasteiger partial charge in [-0.3, -0.25) is 4.98 Å². The van der Waals surface area contributed by atoms with Crippen molar-refractivity contribution >= 4 is 16.9 Å². The van der Waals surface area contributed by atoms with Gasteiger partial charge in [-0.1, -0.05) is 44.4 Å². The van der Waals surface area contributed by atoms with Crippen LogP contribution in [-0.2, 0) is 6.54 Å². The zero-order valence-corrected chi connectivity index (χ0v) is 14.8. The zero-order chi connectivity index (χ0) is 17.8. The molecular weight excluding hydrogens is 312 g/mol. The summed E-state index contributed by atoms with van der Waals surface area (Å²) in [5.74, 6) is -0.942. The number of carboxylic acids is 1. The van der Waals surface area contributed by atoms with E-state index in [1.807, 2.05) is 12.1 Å². The first-order chi connectivity index (χ1) is 12.1. The van der Waals surface area contributed by atoms with Crippen LogP contribution in [0.25, 0.3) is 22.2 Å². The maximum Gasteiger partial charge on any atom is 0.337 e. The Labute approximate surface area is 148 Å². The normalized spacial score (nSPS) is 11.1. The lowest BCUT2D eigenvalue weighted by Crippen LogP contribution is -2.03. The third kappa shape index (κ3) is 3.29. The van der Waals surface area contributed by atoms with Crippen molar-refractivity contribution in [2.75, 3.05) is 0 Å². The third-order valence-corrected chi connectivity index (χ3v) is 4.74. The molecule has 0 aliphatic heterocycles. The van der Waals surface area contributed by atoms with Gasteiger partial charge in [0.15, 0.2) is 0 Å². The van der Waals surface area contributed by atoms with Crippen LogP contribution < -0.4 is 0 Å². The fourth-order valence-electron chi connectivity index (χ4n) is 3.49. The minimum absolute atomic E-state index is 0.250. The Balaban J connectivity index is 2.14. The minimum atomic E-state index is -0.942. The molecule has 0 aliphatic rings. The Morgan fingerprint density at radius 3 is 2.68 bits per heavy atom. The lowest BCUT2D eigenvalue weighted by Gasteiger charge is -2.09. The summed E-state index contributed by atoms with van der Waals surface area (Å²) < 4.78 is 2.31. The second kappa shape index (κ2) is 7.51. The fourth-order valence-corrected chi connectivity index (χ4v) is 3.49. The SMILES string of the molecule is CCCCCCn1c(C)c(-c2ncccc2C(=O)O)c2ccccc21. The van der Waals surface area contributed by atoms with Crippen molar-refractivity contribution in [2.45, 2.75) is 46.1 Å². The molecule has 0 atom stereocenters. The average molecular weight is 336 g/mol. The number of fused-ring (bicyclic) bond motifs is 1. The maximum absolute atomic E-state index is 11.6. The summed E-state index contributed by atoms with van der Waals surface area (Å²) in [7, 11) is 0. The molecule has 0 spiro atoms. The molecule has 1 N–H and O–H groups in total. The van der Waals surface area contributed by atoms with E-state index in [-0.39, 0.29) is 5.56 Å². The highest BCUT2D eigenvalue weighted by Crippen LogP contribution is 2.35. The number of carbonyl (C=O) groups is 1. The topological polar surface area (TPSA) is 55.1 Å². The average Bonchev–Trinajstić information content (AvgIpc) is 2.90. The van der Waals surface area contributed by atoms with Crippen LogP contribution in [0.4, 0.5) is 0 Å². The summed E-state index contributed by atoms with van der Waals surface area (Å²) in [6.07, 6.45) is 6.46. The third-order valence-electron chi connectivity index (χ3n) is 4.74. The highest BCUT2D eigenvalue weighted by atomic mass is 16.4. The van der Waals surface area contributed by atoms with Gasteiger partial charge in [-0.25, -0.2) is 4.79 Å². The van der Waals surface area contributed by atoms with E-state index in [2.05, 4.69) is 35.5 Å². The van der Waals surface area contributed by atoms with Crippen LogP contribution in [0.5, 0.6) is 0 Å². The number of unbranched alkanes of at least 4 members (excludes halogenated alkanes) is 3. The molecule has 0 amide bonds. The van der Waals surface area contributed by atoms with Gasteiger partial charge in [0.05, 0.1) is 11.3 Å². The van der Waals surface area contributed by atoms with Crippen LogP contribution in [0.3, 0.4) is 0 Å². The van der Waals surface area contributed by atoms with Gasteiger partial charge in [-0.15, -0.1) is 0 Å². The molecule has 0 saturated heterocycles. The van der Waals surface area contributed by atoms with E-state index in [4.69, 9.17) is 0 Å². The molecule has 3 rings (SSSR count). The highest BCUT2D eigenvalue weighted by molar-refractivity contribution is 6.03. The molecule has 1 aromatic carbocycles. The minimum Gasteiger partial charge on any atom is -0.478 e. The lowest BCUT2D eigenvalue weighted by molar-refractivity contribution is 0.0697. The number of para-hydroxylation sites is 1. The van der Waals surface area contributed by atoms with Crippen molar-refractivity contribution < 1.29 is 9.90 Å². The monoisotopic (exact) mass is 336 g/mol. The molecule has 3 aromatic rings. The van der Waals surface area contributed by atoms with Crippen molar-refractivity contribution in [2.24, 2.45) is 0 Å². The molecule has 4 nitrogen and oxygen atoms in total. The van der Waals surface area contributed by atoms with Gasteiger partial charge in [0.2, 0.25) is 0 Å². The van der Waals surface area contributed by atoms with Crippen LogP contribution in [0.1, 0.15) is 48.7 Å². The molecular formula is C21H24N2O2. The van der Waals surface area contributed by atoms with E-state index in [1.165, 1.54) is 19.3 Å². The first kappa shape index (κ1) is 17.2. The molecule has 4 heteroatoms. The fraction of sp³-hybridized carbons (Fsp3) is 0.333. The van der Waals surface area contributed by atoms with E-state index < -0.39 is 5.97 Å². The first-order valence-corrected chi connectivity index (χ1v) is 8.91. The summed E-state index contributed by atoms with van der Waals surface area (Å²) in [4.78, 5) is 16.1. The number of hydrogen-bond acceptors (Lipinski definition) is 2. The molecule has 2 aromatic heterocycles. The van der Waals surface area contributed by atoms with E-state index >= 15 is 0 Å². The van der Waals surface area contributed by atoms with E-state index in [0.29, 0.717) is 5.69 Å². The standard InChI is InChI=1S/C21H24N2O2/c1-3-4-5-8-14-23-15(2)19(16-10-6-7-12-18(16)23)20-17(21(24)25)11-9-13-22-20/h6-7,9-13H,3-5,8,14H2,1-2H3,(H,24,25). The van der Waals surface area contributed by atoms with Gasteiger partial charge < -0.3 is 9.67 Å². The number of carboxylic acid groups (broad SMARTS) is 1. The Morgan fingerprint density at radius 1 is 1.12 bits per heavy atom. The molecule has 0 radical (unpaired) electrons.